The van der Waals surface area contributed by atoms with Gasteiger partial charge in [-0.1, -0.05) is 36.9 Å². The first-order valence-corrected chi connectivity index (χ1v) is 9.46. The molecule has 0 amide bonds. The van der Waals surface area contributed by atoms with Gasteiger partial charge < -0.3 is 4.57 Å². The van der Waals surface area contributed by atoms with E-state index in [1.807, 2.05) is 12.1 Å². The molecule has 2 heterocycles. The molecule has 0 spiro atoms. The molecule has 3 nitrogen and oxygen atoms in total. The Labute approximate surface area is 143 Å². The Bertz CT molecular complexity index is 795. The molecular weight excluding hydrogens is 329 g/mol. The SMILES string of the molecule is CCc1cc(-c2nnc(SCc3ccccc3F)n2CC)cs1. The van der Waals surface area contributed by atoms with Gasteiger partial charge in [0.15, 0.2) is 11.0 Å². The molecule has 0 bridgehead atoms. The van der Waals surface area contributed by atoms with E-state index in [0.717, 1.165) is 29.5 Å². The van der Waals surface area contributed by atoms with Gasteiger partial charge in [0.05, 0.1) is 0 Å². The summed E-state index contributed by atoms with van der Waals surface area (Å²) in [6.45, 7) is 5.02. The van der Waals surface area contributed by atoms with Gasteiger partial charge in [0.1, 0.15) is 5.82 Å². The molecule has 6 heteroatoms. The summed E-state index contributed by atoms with van der Waals surface area (Å²) >= 11 is 3.27. The molecule has 120 valence electrons. The molecule has 0 unspecified atom stereocenters. The van der Waals surface area contributed by atoms with Crippen molar-refractivity contribution in [2.75, 3.05) is 0 Å². The molecule has 0 aliphatic carbocycles. The Morgan fingerprint density at radius 3 is 2.74 bits per heavy atom. The number of hydrogen-bond acceptors (Lipinski definition) is 4. The Morgan fingerprint density at radius 2 is 2.04 bits per heavy atom. The van der Waals surface area contributed by atoms with Crippen molar-refractivity contribution < 1.29 is 4.39 Å². The van der Waals surface area contributed by atoms with Crippen molar-refractivity contribution in [3.63, 3.8) is 0 Å². The lowest BCUT2D eigenvalue weighted by Gasteiger charge is -2.06. The number of thioether (sulfide) groups is 1. The second kappa shape index (κ2) is 7.27. The molecule has 2 aromatic heterocycles. The highest BCUT2D eigenvalue weighted by Gasteiger charge is 2.15. The fourth-order valence-electron chi connectivity index (χ4n) is 2.34. The van der Waals surface area contributed by atoms with Gasteiger partial charge in [0.25, 0.3) is 0 Å². The third kappa shape index (κ3) is 3.48. The van der Waals surface area contributed by atoms with Crippen LogP contribution in [0.1, 0.15) is 24.3 Å². The Balaban J connectivity index is 1.82. The van der Waals surface area contributed by atoms with Crippen LogP contribution in [0.25, 0.3) is 11.4 Å². The van der Waals surface area contributed by atoms with Crippen LogP contribution in [0.3, 0.4) is 0 Å². The van der Waals surface area contributed by atoms with Crippen LogP contribution in [-0.2, 0) is 18.7 Å². The summed E-state index contributed by atoms with van der Waals surface area (Å²) in [4.78, 5) is 1.34. The van der Waals surface area contributed by atoms with Crippen LogP contribution in [0.2, 0.25) is 0 Å². The van der Waals surface area contributed by atoms with E-state index >= 15 is 0 Å². The number of thiophene rings is 1. The molecular formula is C17H18FN3S2. The normalized spacial score (nSPS) is 11.1. The van der Waals surface area contributed by atoms with Crippen molar-refractivity contribution in [2.45, 2.75) is 37.7 Å². The molecule has 0 saturated carbocycles. The average molecular weight is 347 g/mol. The number of aryl methyl sites for hydroxylation is 1. The third-order valence-corrected chi connectivity index (χ3v) is 5.70. The monoisotopic (exact) mass is 347 g/mol. The van der Waals surface area contributed by atoms with Gasteiger partial charge in [-0.05, 0) is 31.0 Å². The molecule has 0 aliphatic rings. The molecule has 1 aromatic carbocycles. The second-order valence-corrected chi connectivity index (χ2v) is 7.02. The zero-order chi connectivity index (χ0) is 16.2. The zero-order valence-electron chi connectivity index (χ0n) is 13.1. The third-order valence-electron chi connectivity index (χ3n) is 3.61. The summed E-state index contributed by atoms with van der Waals surface area (Å²) < 4.78 is 15.8. The molecule has 3 aromatic rings. The first kappa shape index (κ1) is 16.2. The highest BCUT2D eigenvalue weighted by atomic mass is 32.2. The zero-order valence-corrected chi connectivity index (χ0v) is 14.8. The number of halogens is 1. The molecule has 0 fully saturated rings. The number of aromatic nitrogens is 3. The van der Waals surface area contributed by atoms with E-state index in [1.54, 1.807) is 17.4 Å². The molecule has 0 radical (unpaired) electrons. The summed E-state index contributed by atoms with van der Waals surface area (Å²) in [5.41, 5.74) is 1.80. The lowest BCUT2D eigenvalue weighted by molar-refractivity contribution is 0.617. The van der Waals surface area contributed by atoms with E-state index in [9.17, 15) is 4.39 Å². The molecule has 0 aliphatic heterocycles. The minimum absolute atomic E-state index is 0.173. The highest BCUT2D eigenvalue weighted by molar-refractivity contribution is 7.98. The van der Waals surface area contributed by atoms with Crippen LogP contribution in [0.15, 0.2) is 40.9 Å². The summed E-state index contributed by atoms with van der Waals surface area (Å²) in [6, 6.07) is 9.03. The first-order valence-electron chi connectivity index (χ1n) is 7.60. The maximum atomic E-state index is 13.7. The predicted molar refractivity (Wildman–Crippen MR) is 94.3 cm³/mol. The quantitative estimate of drug-likeness (QED) is 0.587. The fourth-order valence-corrected chi connectivity index (χ4v) is 4.14. The average Bonchev–Trinajstić information content (AvgIpc) is 3.20. The summed E-state index contributed by atoms with van der Waals surface area (Å²) in [5, 5.41) is 11.6. The van der Waals surface area contributed by atoms with Crippen molar-refractivity contribution in [2.24, 2.45) is 0 Å². The molecule has 0 saturated heterocycles. The predicted octanol–water partition coefficient (Wildman–Crippen LogP) is 5.02. The van der Waals surface area contributed by atoms with E-state index in [0.29, 0.717) is 11.3 Å². The van der Waals surface area contributed by atoms with Gasteiger partial charge in [-0.3, -0.25) is 0 Å². The van der Waals surface area contributed by atoms with E-state index in [-0.39, 0.29) is 5.82 Å². The lowest BCUT2D eigenvalue weighted by Crippen LogP contribution is -1.99. The Morgan fingerprint density at radius 1 is 1.22 bits per heavy atom. The smallest absolute Gasteiger partial charge is 0.191 e. The number of hydrogen-bond donors (Lipinski definition) is 0. The van der Waals surface area contributed by atoms with Gasteiger partial charge >= 0.3 is 0 Å². The topological polar surface area (TPSA) is 30.7 Å². The largest absolute Gasteiger partial charge is 0.302 e. The maximum Gasteiger partial charge on any atom is 0.191 e. The lowest BCUT2D eigenvalue weighted by atomic mass is 10.2. The van der Waals surface area contributed by atoms with Crippen molar-refractivity contribution in [1.82, 2.24) is 14.8 Å². The summed E-state index contributed by atoms with van der Waals surface area (Å²) in [7, 11) is 0. The standard InChI is InChI=1S/C17H18FN3S2/c1-3-14-9-13(11-22-14)16-19-20-17(21(16)4-2)23-10-12-7-5-6-8-15(12)18/h5-9,11H,3-4,10H2,1-2H3. The van der Waals surface area contributed by atoms with E-state index in [4.69, 9.17) is 0 Å². The summed E-state index contributed by atoms with van der Waals surface area (Å²) in [5.74, 6) is 1.27. The van der Waals surface area contributed by atoms with Crippen LogP contribution in [-0.4, -0.2) is 14.8 Å². The minimum atomic E-state index is -0.173. The molecule has 3 rings (SSSR count). The second-order valence-electron chi connectivity index (χ2n) is 5.09. The molecule has 0 N–H and O–H groups in total. The van der Waals surface area contributed by atoms with Crippen molar-refractivity contribution in [3.05, 3.63) is 52.0 Å². The van der Waals surface area contributed by atoms with Crippen LogP contribution in [0.5, 0.6) is 0 Å². The number of rotatable bonds is 6. The Hall–Kier alpha value is -1.66. The van der Waals surface area contributed by atoms with Gasteiger partial charge in [-0.15, -0.1) is 21.5 Å². The molecule has 0 atom stereocenters. The van der Waals surface area contributed by atoms with Crippen molar-refractivity contribution in [3.8, 4) is 11.4 Å². The maximum absolute atomic E-state index is 13.7. The number of nitrogens with zero attached hydrogens (tertiary/aromatic N) is 3. The van der Waals surface area contributed by atoms with Gasteiger partial charge in [0.2, 0.25) is 0 Å². The van der Waals surface area contributed by atoms with Gasteiger partial charge in [-0.25, -0.2) is 4.39 Å². The minimum Gasteiger partial charge on any atom is -0.302 e. The molecule has 23 heavy (non-hydrogen) atoms. The van der Waals surface area contributed by atoms with Crippen LogP contribution < -0.4 is 0 Å². The fraction of sp³-hybridized carbons (Fsp3) is 0.294. The number of benzene rings is 1. The first-order chi connectivity index (χ1) is 11.2. The van der Waals surface area contributed by atoms with Crippen LogP contribution in [0.4, 0.5) is 4.39 Å². The summed E-state index contributed by atoms with van der Waals surface area (Å²) in [6.07, 6.45) is 1.03. The van der Waals surface area contributed by atoms with Crippen molar-refractivity contribution >= 4 is 23.1 Å². The highest BCUT2D eigenvalue weighted by Crippen LogP contribution is 2.29. The Kier molecular flexibility index (Phi) is 5.13. The van der Waals surface area contributed by atoms with Gasteiger partial charge in [0, 0.05) is 28.1 Å². The van der Waals surface area contributed by atoms with Crippen LogP contribution in [0, 0.1) is 5.82 Å². The van der Waals surface area contributed by atoms with Gasteiger partial charge in [-0.2, -0.15) is 0 Å². The van der Waals surface area contributed by atoms with E-state index in [1.165, 1.54) is 22.7 Å². The van der Waals surface area contributed by atoms with Crippen molar-refractivity contribution in [1.29, 1.82) is 0 Å². The van der Waals surface area contributed by atoms with E-state index in [2.05, 4.69) is 40.1 Å². The van der Waals surface area contributed by atoms with E-state index < -0.39 is 0 Å². The van der Waals surface area contributed by atoms with Crippen LogP contribution >= 0.6 is 23.1 Å².